The Morgan fingerprint density at radius 3 is 2.88 bits per heavy atom. The molecule has 4 nitrogen and oxygen atoms in total. The largest absolute Gasteiger partial charge is 0.493 e. The summed E-state index contributed by atoms with van der Waals surface area (Å²) in [5.41, 5.74) is 2.24. The van der Waals surface area contributed by atoms with Crippen LogP contribution in [0.5, 0.6) is 5.75 Å². The summed E-state index contributed by atoms with van der Waals surface area (Å²) < 4.78 is 7.67. The molecule has 7 heteroatoms. The predicted molar refractivity (Wildman–Crippen MR) is 105 cm³/mol. The topological polar surface area (TPSA) is 47.0 Å². The number of aromatic nitrogens is 2. The molecule has 3 rings (SSSR count). The molecular formula is C17H16BrN3OS2. The van der Waals surface area contributed by atoms with Gasteiger partial charge in [-0.25, -0.2) is 0 Å². The first-order chi connectivity index (χ1) is 11.7. The van der Waals surface area contributed by atoms with Gasteiger partial charge in [0, 0.05) is 15.9 Å². The number of para-hydroxylation sites is 1. The Bertz CT molecular complexity index is 810. The zero-order valence-corrected chi connectivity index (χ0v) is 16.2. The van der Waals surface area contributed by atoms with E-state index in [4.69, 9.17) is 4.74 Å². The third-order valence-corrected chi connectivity index (χ3v) is 5.60. The molecule has 0 radical (unpaired) electrons. The van der Waals surface area contributed by atoms with Crippen LogP contribution in [0.3, 0.4) is 0 Å². The molecule has 0 aliphatic rings. The van der Waals surface area contributed by atoms with Crippen LogP contribution in [0.4, 0.5) is 10.8 Å². The molecule has 0 bridgehead atoms. The van der Waals surface area contributed by atoms with Crippen LogP contribution < -0.4 is 10.1 Å². The van der Waals surface area contributed by atoms with Gasteiger partial charge >= 0.3 is 0 Å². The number of benzene rings is 2. The van der Waals surface area contributed by atoms with Gasteiger partial charge in [0.15, 0.2) is 4.34 Å². The number of anilines is 2. The number of rotatable bonds is 7. The molecule has 1 aromatic heterocycles. The summed E-state index contributed by atoms with van der Waals surface area (Å²) in [4.78, 5) is 0. The Morgan fingerprint density at radius 1 is 1.17 bits per heavy atom. The maximum absolute atomic E-state index is 5.72. The maximum Gasteiger partial charge on any atom is 0.210 e. The summed E-state index contributed by atoms with van der Waals surface area (Å²) in [7, 11) is 0. The second kappa shape index (κ2) is 8.50. The standard InChI is InChI=1S/C17H16BrN3OS2/c1-12-5-2-3-8-15(12)19-16-20-21-17(24-16)23-10-9-22-14-7-4-6-13(18)11-14/h2-8,11H,9-10H2,1H3,(H,19,20). The molecule has 0 saturated heterocycles. The number of hydrogen-bond acceptors (Lipinski definition) is 6. The van der Waals surface area contributed by atoms with Gasteiger partial charge in [-0.1, -0.05) is 63.3 Å². The average molecular weight is 422 g/mol. The monoisotopic (exact) mass is 421 g/mol. The van der Waals surface area contributed by atoms with E-state index in [0.29, 0.717) is 6.61 Å². The highest BCUT2D eigenvalue weighted by Crippen LogP contribution is 2.28. The summed E-state index contributed by atoms with van der Waals surface area (Å²) in [6.45, 7) is 2.69. The van der Waals surface area contributed by atoms with Crippen molar-refractivity contribution in [2.24, 2.45) is 0 Å². The molecule has 1 heterocycles. The molecule has 0 aliphatic carbocycles. The minimum atomic E-state index is 0.626. The lowest BCUT2D eigenvalue weighted by atomic mass is 10.2. The van der Waals surface area contributed by atoms with Gasteiger partial charge in [0.1, 0.15) is 5.75 Å². The van der Waals surface area contributed by atoms with Gasteiger partial charge in [0.05, 0.1) is 6.61 Å². The fourth-order valence-electron chi connectivity index (χ4n) is 1.99. The lowest BCUT2D eigenvalue weighted by molar-refractivity contribution is 0.344. The van der Waals surface area contributed by atoms with Crippen LogP contribution in [0.15, 0.2) is 57.3 Å². The van der Waals surface area contributed by atoms with E-state index in [1.165, 1.54) is 5.56 Å². The van der Waals surface area contributed by atoms with E-state index in [1.54, 1.807) is 23.1 Å². The Kier molecular flexibility index (Phi) is 6.12. The fourth-order valence-corrected chi connectivity index (χ4v) is 4.02. The predicted octanol–water partition coefficient (Wildman–Crippen LogP) is 5.52. The van der Waals surface area contributed by atoms with E-state index < -0.39 is 0 Å². The molecule has 124 valence electrons. The Morgan fingerprint density at radius 2 is 2.04 bits per heavy atom. The summed E-state index contributed by atoms with van der Waals surface area (Å²) >= 11 is 6.63. The van der Waals surface area contributed by atoms with Gasteiger partial charge in [-0.3, -0.25) is 0 Å². The summed E-state index contributed by atoms with van der Waals surface area (Å²) in [6.07, 6.45) is 0. The molecule has 2 aromatic carbocycles. The van der Waals surface area contributed by atoms with Crippen molar-refractivity contribution in [2.75, 3.05) is 17.7 Å². The average Bonchev–Trinajstić information content (AvgIpc) is 3.01. The Hall–Kier alpha value is -1.57. The van der Waals surface area contributed by atoms with Crippen molar-refractivity contribution in [1.82, 2.24) is 10.2 Å². The van der Waals surface area contributed by atoms with Crippen LogP contribution >= 0.6 is 39.0 Å². The highest BCUT2D eigenvalue weighted by Gasteiger charge is 2.06. The minimum absolute atomic E-state index is 0.626. The molecule has 0 aliphatic heterocycles. The van der Waals surface area contributed by atoms with E-state index in [2.05, 4.69) is 44.4 Å². The van der Waals surface area contributed by atoms with E-state index in [-0.39, 0.29) is 0 Å². The number of hydrogen-bond donors (Lipinski definition) is 1. The normalized spacial score (nSPS) is 10.6. The van der Waals surface area contributed by atoms with Gasteiger partial charge < -0.3 is 10.1 Å². The van der Waals surface area contributed by atoms with Crippen molar-refractivity contribution in [3.05, 3.63) is 58.6 Å². The molecule has 0 amide bonds. The van der Waals surface area contributed by atoms with Gasteiger partial charge in [-0.05, 0) is 36.8 Å². The molecular weight excluding hydrogens is 406 g/mol. The number of halogens is 1. The maximum atomic E-state index is 5.72. The fraction of sp³-hybridized carbons (Fsp3) is 0.176. The number of thioether (sulfide) groups is 1. The van der Waals surface area contributed by atoms with Crippen molar-refractivity contribution in [3.8, 4) is 5.75 Å². The second-order valence-corrected chi connectivity index (χ2v) is 8.20. The zero-order valence-electron chi connectivity index (χ0n) is 13.0. The van der Waals surface area contributed by atoms with Crippen LogP contribution in [0.2, 0.25) is 0 Å². The molecule has 1 N–H and O–H groups in total. The molecule has 0 fully saturated rings. The molecule has 0 spiro atoms. The van der Waals surface area contributed by atoms with Gasteiger partial charge in [0.2, 0.25) is 5.13 Å². The molecule has 0 saturated carbocycles. The van der Waals surface area contributed by atoms with Crippen molar-refractivity contribution in [1.29, 1.82) is 0 Å². The highest BCUT2D eigenvalue weighted by molar-refractivity contribution is 9.10. The van der Waals surface area contributed by atoms with E-state index in [1.807, 2.05) is 42.5 Å². The molecule has 3 aromatic rings. The molecule has 0 atom stereocenters. The Balaban J connectivity index is 1.47. The Labute approximate surface area is 157 Å². The number of nitrogens with one attached hydrogen (secondary N) is 1. The highest BCUT2D eigenvalue weighted by atomic mass is 79.9. The SMILES string of the molecule is Cc1ccccc1Nc1nnc(SCCOc2cccc(Br)c2)s1. The lowest BCUT2D eigenvalue weighted by Gasteiger charge is -2.05. The zero-order chi connectivity index (χ0) is 16.8. The van der Waals surface area contributed by atoms with E-state index >= 15 is 0 Å². The van der Waals surface area contributed by atoms with Crippen molar-refractivity contribution >= 4 is 49.8 Å². The smallest absolute Gasteiger partial charge is 0.210 e. The van der Waals surface area contributed by atoms with E-state index in [9.17, 15) is 0 Å². The third-order valence-electron chi connectivity index (χ3n) is 3.17. The minimum Gasteiger partial charge on any atom is -0.493 e. The first-order valence-corrected chi connectivity index (χ1v) is 9.97. The van der Waals surface area contributed by atoms with Crippen LogP contribution in [-0.4, -0.2) is 22.6 Å². The van der Waals surface area contributed by atoms with Gasteiger partial charge in [0.25, 0.3) is 0 Å². The summed E-state index contributed by atoms with van der Waals surface area (Å²) in [6, 6.07) is 16.0. The third kappa shape index (κ3) is 4.96. The van der Waals surface area contributed by atoms with Crippen molar-refractivity contribution in [3.63, 3.8) is 0 Å². The van der Waals surface area contributed by atoms with Crippen LogP contribution in [0.1, 0.15) is 5.56 Å². The second-order valence-electron chi connectivity index (χ2n) is 4.97. The first-order valence-electron chi connectivity index (χ1n) is 7.38. The summed E-state index contributed by atoms with van der Waals surface area (Å²) in [5.74, 6) is 1.69. The number of aryl methyl sites for hydroxylation is 1. The van der Waals surface area contributed by atoms with Gasteiger partial charge in [-0.15, -0.1) is 10.2 Å². The first kappa shape index (κ1) is 17.3. The van der Waals surface area contributed by atoms with Crippen LogP contribution in [-0.2, 0) is 0 Å². The van der Waals surface area contributed by atoms with Crippen LogP contribution in [0, 0.1) is 6.92 Å². The van der Waals surface area contributed by atoms with Crippen molar-refractivity contribution in [2.45, 2.75) is 11.3 Å². The number of ether oxygens (including phenoxy) is 1. The van der Waals surface area contributed by atoms with Crippen molar-refractivity contribution < 1.29 is 4.74 Å². The van der Waals surface area contributed by atoms with Crippen LogP contribution in [0.25, 0.3) is 0 Å². The quantitative estimate of drug-likeness (QED) is 0.401. The van der Waals surface area contributed by atoms with Gasteiger partial charge in [-0.2, -0.15) is 0 Å². The summed E-state index contributed by atoms with van der Waals surface area (Å²) in [5, 5.41) is 12.5. The molecule has 0 unspecified atom stereocenters. The lowest BCUT2D eigenvalue weighted by Crippen LogP contribution is -1.99. The number of nitrogens with zero attached hydrogens (tertiary/aromatic N) is 2. The molecule has 24 heavy (non-hydrogen) atoms. The van der Waals surface area contributed by atoms with E-state index in [0.717, 1.165) is 31.1 Å².